The third-order valence-electron chi connectivity index (χ3n) is 2.75. The summed E-state index contributed by atoms with van der Waals surface area (Å²) in [5, 5.41) is 11.3. The Morgan fingerprint density at radius 3 is 2.81 bits per heavy atom. The third-order valence-corrected chi connectivity index (χ3v) is 4.85. The van der Waals surface area contributed by atoms with Gasteiger partial charge in [-0.2, -0.15) is 5.10 Å². The van der Waals surface area contributed by atoms with Gasteiger partial charge in [0.2, 0.25) is 0 Å². The smallest absolute Gasteiger partial charge is 0.276 e. The molecule has 2 aromatic heterocycles. The standard InChI is InChI=1S/C13H17N3O3S2/c1-8(2)6-9-7-10(16-15-9)12(17)14-13-11(4-5-20-13)21(3,18)19/h4-5,7-8H,6H2,1-3H3,(H,14,17)(H,15,16). The fourth-order valence-electron chi connectivity index (χ4n) is 1.87. The summed E-state index contributed by atoms with van der Waals surface area (Å²) < 4.78 is 23.2. The second-order valence-corrected chi connectivity index (χ2v) is 8.12. The molecule has 6 nitrogen and oxygen atoms in total. The van der Waals surface area contributed by atoms with E-state index in [1.54, 1.807) is 11.4 Å². The van der Waals surface area contributed by atoms with Gasteiger partial charge in [-0.15, -0.1) is 11.3 Å². The van der Waals surface area contributed by atoms with Crippen LogP contribution in [0, 0.1) is 5.92 Å². The highest BCUT2D eigenvalue weighted by atomic mass is 32.2. The number of hydrogen-bond donors (Lipinski definition) is 2. The van der Waals surface area contributed by atoms with Crippen LogP contribution in [0.3, 0.4) is 0 Å². The molecule has 21 heavy (non-hydrogen) atoms. The number of rotatable bonds is 5. The first-order valence-corrected chi connectivity index (χ1v) is 9.17. The minimum absolute atomic E-state index is 0.124. The van der Waals surface area contributed by atoms with Crippen LogP contribution < -0.4 is 5.32 Å². The normalized spacial score (nSPS) is 11.8. The first kappa shape index (κ1) is 15.7. The number of H-pyrrole nitrogens is 1. The molecule has 2 N–H and O–H groups in total. The van der Waals surface area contributed by atoms with Crippen LogP contribution in [0.1, 0.15) is 30.0 Å². The Kier molecular flexibility index (Phi) is 4.48. The number of thiophene rings is 1. The van der Waals surface area contributed by atoms with Crippen LogP contribution in [0.5, 0.6) is 0 Å². The highest BCUT2D eigenvalue weighted by molar-refractivity contribution is 7.91. The quantitative estimate of drug-likeness (QED) is 0.881. The van der Waals surface area contributed by atoms with Crippen molar-refractivity contribution in [2.45, 2.75) is 25.2 Å². The maximum atomic E-state index is 12.1. The summed E-state index contributed by atoms with van der Waals surface area (Å²) in [5.41, 5.74) is 1.13. The lowest BCUT2D eigenvalue weighted by Gasteiger charge is -2.03. The third kappa shape index (κ3) is 3.92. The minimum atomic E-state index is -3.36. The van der Waals surface area contributed by atoms with E-state index in [4.69, 9.17) is 0 Å². The van der Waals surface area contributed by atoms with E-state index in [2.05, 4.69) is 29.4 Å². The average Bonchev–Trinajstić information content (AvgIpc) is 2.96. The molecular formula is C13H17N3O3S2. The lowest BCUT2D eigenvalue weighted by atomic mass is 10.1. The van der Waals surface area contributed by atoms with Crippen LogP contribution in [0.15, 0.2) is 22.4 Å². The van der Waals surface area contributed by atoms with Crippen molar-refractivity contribution in [3.63, 3.8) is 0 Å². The number of nitrogens with zero attached hydrogens (tertiary/aromatic N) is 1. The molecule has 0 saturated carbocycles. The summed E-state index contributed by atoms with van der Waals surface area (Å²) in [5.74, 6) is 0.0316. The number of amides is 1. The molecule has 8 heteroatoms. The molecule has 0 saturated heterocycles. The van der Waals surface area contributed by atoms with Gasteiger partial charge in [-0.1, -0.05) is 13.8 Å². The second kappa shape index (κ2) is 5.98. The van der Waals surface area contributed by atoms with Crippen molar-refractivity contribution in [2.75, 3.05) is 11.6 Å². The molecule has 0 aliphatic rings. The van der Waals surface area contributed by atoms with E-state index in [1.165, 1.54) is 17.4 Å². The molecule has 0 aliphatic heterocycles. The topological polar surface area (TPSA) is 91.9 Å². The molecule has 0 unspecified atom stereocenters. The molecule has 2 heterocycles. The Balaban J connectivity index is 2.15. The highest BCUT2D eigenvalue weighted by Gasteiger charge is 2.18. The zero-order valence-corrected chi connectivity index (χ0v) is 13.6. The van der Waals surface area contributed by atoms with Crippen molar-refractivity contribution >= 4 is 32.1 Å². The van der Waals surface area contributed by atoms with Gasteiger partial charge in [0.05, 0.1) is 0 Å². The summed E-state index contributed by atoms with van der Waals surface area (Å²) >= 11 is 1.17. The molecule has 0 aromatic carbocycles. The summed E-state index contributed by atoms with van der Waals surface area (Å²) in [6, 6.07) is 3.16. The van der Waals surface area contributed by atoms with E-state index >= 15 is 0 Å². The van der Waals surface area contributed by atoms with Crippen molar-refractivity contribution < 1.29 is 13.2 Å². The molecule has 0 bridgehead atoms. The van der Waals surface area contributed by atoms with Crippen molar-refractivity contribution in [3.8, 4) is 0 Å². The molecule has 1 amide bonds. The number of aromatic nitrogens is 2. The fourth-order valence-corrected chi connectivity index (χ4v) is 3.93. The highest BCUT2D eigenvalue weighted by Crippen LogP contribution is 2.27. The van der Waals surface area contributed by atoms with Crippen LogP contribution in [0.25, 0.3) is 0 Å². The predicted molar refractivity (Wildman–Crippen MR) is 82.5 cm³/mol. The number of anilines is 1. The maximum Gasteiger partial charge on any atom is 0.276 e. The summed E-state index contributed by atoms with van der Waals surface area (Å²) in [6.07, 6.45) is 1.91. The van der Waals surface area contributed by atoms with E-state index in [9.17, 15) is 13.2 Å². The van der Waals surface area contributed by atoms with Gasteiger partial charge in [0, 0.05) is 11.9 Å². The Morgan fingerprint density at radius 1 is 1.48 bits per heavy atom. The lowest BCUT2D eigenvalue weighted by molar-refractivity contribution is 0.102. The molecule has 0 spiro atoms. The number of nitrogens with one attached hydrogen (secondary N) is 2. The van der Waals surface area contributed by atoms with Gasteiger partial charge in [0.15, 0.2) is 15.5 Å². The molecule has 114 valence electrons. The maximum absolute atomic E-state index is 12.1. The minimum Gasteiger partial charge on any atom is -0.311 e. The fraction of sp³-hybridized carbons (Fsp3) is 0.385. The Bertz CT molecular complexity index is 744. The predicted octanol–water partition coefficient (Wildman–Crippen LogP) is 2.33. The van der Waals surface area contributed by atoms with E-state index in [1.807, 2.05) is 0 Å². The molecular weight excluding hydrogens is 310 g/mol. The summed E-state index contributed by atoms with van der Waals surface area (Å²) in [6.45, 7) is 4.15. The molecule has 2 aromatic rings. The van der Waals surface area contributed by atoms with Gasteiger partial charge in [0.25, 0.3) is 5.91 Å². The Hall–Kier alpha value is -1.67. The van der Waals surface area contributed by atoms with Gasteiger partial charge in [-0.05, 0) is 29.9 Å². The molecule has 0 radical (unpaired) electrons. The van der Waals surface area contributed by atoms with Gasteiger partial charge >= 0.3 is 0 Å². The number of sulfone groups is 1. The van der Waals surface area contributed by atoms with E-state index < -0.39 is 15.7 Å². The van der Waals surface area contributed by atoms with Crippen molar-refractivity contribution in [3.05, 3.63) is 28.9 Å². The van der Waals surface area contributed by atoms with Crippen molar-refractivity contribution in [1.29, 1.82) is 0 Å². The van der Waals surface area contributed by atoms with Gasteiger partial charge in [0.1, 0.15) is 9.90 Å². The summed E-state index contributed by atoms with van der Waals surface area (Å²) in [4.78, 5) is 12.2. The average molecular weight is 327 g/mol. The zero-order valence-electron chi connectivity index (χ0n) is 12.0. The monoisotopic (exact) mass is 327 g/mol. The van der Waals surface area contributed by atoms with E-state index in [0.29, 0.717) is 10.9 Å². The molecule has 0 atom stereocenters. The zero-order chi connectivity index (χ0) is 15.6. The Morgan fingerprint density at radius 2 is 2.19 bits per heavy atom. The van der Waals surface area contributed by atoms with Gasteiger partial charge in [-0.3, -0.25) is 9.89 Å². The first-order chi connectivity index (χ1) is 9.77. The van der Waals surface area contributed by atoms with Crippen molar-refractivity contribution in [1.82, 2.24) is 10.2 Å². The first-order valence-electron chi connectivity index (χ1n) is 6.40. The van der Waals surface area contributed by atoms with E-state index in [0.717, 1.165) is 18.4 Å². The van der Waals surface area contributed by atoms with Gasteiger partial charge in [-0.25, -0.2) is 8.42 Å². The number of carbonyl (C=O) groups is 1. The Labute approximate surface area is 127 Å². The molecule has 2 rings (SSSR count). The van der Waals surface area contributed by atoms with Crippen LogP contribution in [-0.2, 0) is 16.3 Å². The SMILES string of the molecule is CC(C)Cc1cc(C(=O)Nc2sccc2S(C)(=O)=O)n[nH]1. The van der Waals surface area contributed by atoms with Gasteiger partial charge < -0.3 is 5.32 Å². The summed E-state index contributed by atoms with van der Waals surface area (Å²) in [7, 11) is -3.36. The lowest BCUT2D eigenvalue weighted by Crippen LogP contribution is -2.13. The molecule has 0 aliphatic carbocycles. The van der Waals surface area contributed by atoms with Crippen LogP contribution >= 0.6 is 11.3 Å². The van der Waals surface area contributed by atoms with Crippen molar-refractivity contribution in [2.24, 2.45) is 5.92 Å². The van der Waals surface area contributed by atoms with Crippen LogP contribution in [-0.4, -0.2) is 30.8 Å². The molecule has 0 fully saturated rings. The van der Waals surface area contributed by atoms with E-state index in [-0.39, 0.29) is 10.6 Å². The van der Waals surface area contributed by atoms with Crippen LogP contribution in [0.2, 0.25) is 0 Å². The number of aromatic amines is 1. The van der Waals surface area contributed by atoms with Crippen LogP contribution in [0.4, 0.5) is 5.00 Å². The number of carbonyl (C=O) groups excluding carboxylic acids is 1. The second-order valence-electron chi connectivity index (χ2n) is 5.22. The largest absolute Gasteiger partial charge is 0.311 e. The number of hydrogen-bond acceptors (Lipinski definition) is 5.